The molecular formula is C18H22BrF3O4. The van der Waals surface area contributed by atoms with Crippen LogP contribution in [0.5, 0.6) is 0 Å². The second-order valence-electron chi connectivity index (χ2n) is 5.72. The second-order valence-corrected chi connectivity index (χ2v) is 6.36. The van der Waals surface area contributed by atoms with Crippen LogP contribution in [0.25, 0.3) is 0 Å². The summed E-state index contributed by atoms with van der Waals surface area (Å²) in [6.07, 6.45) is -1.74. The van der Waals surface area contributed by atoms with E-state index in [1.54, 1.807) is 0 Å². The van der Waals surface area contributed by atoms with Crippen molar-refractivity contribution in [2.24, 2.45) is 0 Å². The van der Waals surface area contributed by atoms with Crippen LogP contribution in [0.2, 0.25) is 0 Å². The van der Waals surface area contributed by atoms with Crippen LogP contribution < -0.4 is 0 Å². The Morgan fingerprint density at radius 2 is 1.54 bits per heavy atom. The monoisotopic (exact) mass is 438 g/mol. The van der Waals surface area contributed by atoms with E-state index in [1.807, 2.05) is 0 Å². The summed E-state index contributed by atoms with van der Waals surface area (Å²) in [6, 6.07) is 5.13. The largest absolute Gasteiger partial charge is 0.462 e. The highest BCUT2D eigenvalue weighted by molar-refractivity contribution is 9.09. The molecule has 0 amide bonds. The molecule has 1 aromatic rings. The number of esters is 2. The zero-order valence-electron chi connectivity index (χ0n) is 14.5. The third kappa shape index (κ3) is 7.76. The molecule has 0 N–H and O–H groups in total. The number of hydrogen-bond acceptors (Lipinski definition) is 4. The van der Waals surface area contributed by atoms with Crippen molar-refractivity contribution in [2.45, 2.75) is 51.3 Å². The number of unbranched alkanes of at least 4 members (excludes halogenated alkanes) is 4. The molecule has 0 aliphatic heterocycles. The molecule has 1 rings (SSSR count). The van der Waals surface area contributed by atoms with Gasteiger partial charge in [0.2, 0.25) is 6.10 Å². The number of hydrogen-bond donors (Lipinski definition) is 0. The fourth-order valence-corrected chi connectivity index (χ4v) is 2.58. The minimum absolute atomic E-state index is 0.0729. The van der Waals surface area contributed by atoms with Crippen LogP contribution in [-0.2, 0) is 9.47 Å². The average Bonchev–Trinajstić information content (AvgIpc) is 2.61. The maximum Gasteiger partial charge on any atom is 0.426 e. The summed E-state index contributed by atoms with van der Waals surface area (Å²) in [5, 5.41) is -0.551. The van der Waals surface area contributed by atoms with Crippen LogP contribution in [0, 0.1) is 0 Å². The molecule has 0 radical (unpaired) electrons. The van der Waals surface area contributed by atoms with Gasteiger partial charge in [0.05, 0.1) is 17.7 Å². The third-order valence-electron chi connectivity index (χ3n) is 3.59. The van der Waals surface area contributed by atoms with E-state index < -0.39 is 29.5 Å². The molecule has 0 heterocycles. The summed E-state index contributed by atoms with van der Waals surface area (Å²) >= 11 is 2.67. The van der Waals surface area contributed by atoms with Gasteiger partial charge in [0.15, 0.2) is 0 Å². The molecule has 1 unspecified atom stereocenters. The van der Waals surface area contributed by atoms with E-state index in [2.05, 4.69) is 27.6 Å². The van der Waals surface area contributed by atoms with Crippen LogP contribution in [0.4, 0.5) is 13.2 Å². The summed E-state index contributed by atoms with van der Waals surface area (Å²) in [5.74, 6) is -1.64. The summed E-state index contributed by atoms with van der Waals surface area (Å²) in [6.45, 7) is 2.42. The number of carbonyl (C=O) groups excluding carboxylic acids is 2. The first kappa shape index (κ1) is 22.5. The minimum atomic E-state index is -4.65. The lowest BCUT2D eigenvalue weighted by Gasteiger charge is -2.18. The second kappa shape index (κ2) is 11.2. The summed E-state index contributed by atoms with van der Waals surface area (Å²) in [7, 11) is 0. The molecule has 0 saturated heterocycles. The van der Waals surface area contributed by atoms with E-state index in [9.17, 15) is 22.8 Å². The summed E-state index contributed by atoms with van der Waals surface area (Å²) in [4.78, 5) is 23.7. The number of halogens is 4. The van der Waals surface area contributed by atoms with Crippen LogP contribution in [0.3, 0.4) is 0 Å². The van der Waals surface area contributed by atoms with Crippen molar-refractivity contribution in [3.63, 3.8) is 0 Å². The molecule has 0 aromatic heterocycles. The molecule has 0 aliphatic carbocycles. The molecule has 0 saturated carbocycles. The first-order chi connectivity index (χ1) is 12.3. The highest BCUT2D eigenvalue weighted by Gasteiger charge is 2.42. The van der Waals surface area contributed by atoms with Gasteiger partial charge >= 0.3 is 18.1 Å². The van der Waals surface area contributed by atoms with E-state index in [0.29, 0.717) is 6.61 Å². The standard InChI is InChI=1S/C18H22BrF3O4/c1-2-3-4-5-6-11-25-16(23)13-7-9-14(10-8-13)17(24)26-15(12-19)18(20,21)22/h7-10,15H,2-6,11-12H2,1H3. The van der Waals surface area contributed by atoms with Crippen molar-refractivity contribution in [1.29, 1.82) is 0 Å². The van der Waals surface area contributed by atoms with Gasteiger partial charge in [-0.05, 0) is 30.7 Å². The Balaban J connectivity index is 2.51. The Morgan fingerprint density at radius 3 is 2.04 bits per heavy atom. The zero-order chi connectivity index (χ0) is 19.6. The fourth-order valence-electron chi connectivity index (χ4n) is 2.08. The first-order valence-corrected chi connectivity index (χ1v) is 9.52. The van der Waals surface area contributed by atoms with Crippen molar-refractivity contribution >= 4 is 27.9 Å². The molecular weight excluding hydrogens is 417 g/mol. The summed E-state index contributed by atoms with van der Waals surface area (Å²) in [5.41, 5.74) is 0.152. The number of ether oxygens (including phenoxy) is 2. The van der Waals surface area contributed by atoms with Crippen LogP contribution in [0.1, 0.15) is 59.7 Å². The van der Waals surface area contributed by atoms with Gasteiger partial charge in [-0.1, -0.05) is 48.5 Å². The molecule has 4 nitrogen and oxygen atoms in total. The van der Waals surface area contributed by atoms with E-state index >= 15 is 0 Å². The molecule has 1 atom stereocenters. The molecule has 146 valence electrons. The Hall–Kier alpha value is -1.57. The number of carbonyl (C=O) groups is 2. The SMILES string of the molecule is CCCCCCCOC(=O)c1ccc(C(=O)OC(CBr)C(F)(F)F)cc1. The lowest BCUT2D eigenvalue weighted by atomic mass is 10.1. The van der Waals surface area contributed by atoms with Crippen LogP contribution in [0.15, 0.2) is 24.3 Å². The van der Waals surface area contributed by atoms with Crippen molar-refractivity contribution in [3.05, 3.63) is 35.4 Å². The van der Waals surface area contributed by atoms with Crippen molar-refractivity contribution in [3.8, 4) is 0 Å². The number of alkyl halides is 4. The fraction of sp³-hybridized carbons (Fsp3) is 0.556. The Kier molecular flexibility index (Phi) is 9.69. The molecule has 0 bridgehead atoms. The predicted octanol–water partition coefficient (Wildman–Crippen LogP) is 5.30. The quantitative estimate of drug-likeness (QED) is 0.282. The minimum Gasteiger partial charge on any atom is -0.462 e. The van der Waals surface area contributed by atoms with Crippen molar-refractivity contribution in [2.75, 3.05) is 11.9 Å². The third-order valence-corrected chi connectivity index (χ3v) is 4.18. The number of rotatable bonds is 10. The van der Waals surface area contributed by atoms with Gasteiger partial charge in [-0.3, -0.25) is 0 Å². The smallest absolute Gasteiger partial charge is 0.426 e. The van der Waals surface area contributed by atoms with Crippen LogP contribution >= 0.6 is 15.9 Å². The van der Waals surface area contributed by atoms with E-state index in [0.717, 1.165) is 32.1 Å². The lowest BCUT2D eigenvalue weighted by molar-refractivity contribution is -0.196. The van der Waals surface area contributed by atoms with Gasteiger partial charge in [-0.2, -0.15) is 13.2 Å². The van der Waals surface area contributed by atoms with Gasteiger partial charge in [0.1, 0.15) is 0 Å². The van der Waals surface area contributed by atoms with Gasteiger partial charge < -0.3 is 9.47 Å². The lowest BCUT2D eigenvalue weighted by Crippen LogP contribution is -2.35. The summed E-state index contributed by atoms with van der Waals surface area (Å²) < 4.78 is 47.4. The van der Waals surface area contributed by atoms with E-state index in [1.165, 1.54) is 24.3 Å². The maximum atomic E-state index is 12.6. The molecule has 0 aliphatic rings. The highest BCUT2D eigenvalue weighted by Crippen LogP contribution is 2.25. The Bertz CT molecular complexity index is 573. The predicted molar refractivity (Wildman–Crippen MR) is 94.5 cm³/mol. The highest BCUT2D eigenvalue weighted by atomic mass is 79.9. The van der Waals surface area contributed by atoms with Crippen molar-refractivity contribution in [1.82, 2.24) is 0 Å². The topological polar surface area (TPSA) is 52.6 Å². The van der Waals surface area contributed by atoms with Gasteiger partial charge in [-0.25, -0.2) is 9.59 Å². The molecule has 8 heteroatoms. The average molecular weight is 439 g/mol. The van der Waals surface area contributed by atoms with Crippen LogP contribution in [-0.4, -0.2) is 36.2 Å². The van der Waals surface area contributed by atoms with E-state index in [4.69, 9.17) is 4.74 Å². The molecule has 0 fully saturated rings. The molecule has 0 spiro atoms. The molecule has 1 aromatic carbocycles. The van der Waals surface area contributed by atoms with Crippen molar-refractivity contribution < 1.29 is 32.2 Å². The Labute approximate surface area is 159 Å². The maximum absolute atomic E-state index is 12.6. The van der Waals surface area contributed by atoms with Gasteiger partial charge in [-0.15, -0.1) is 0 Å². The first-order valence-electron chi connectivity index (χ1n) is 8.40. The normalized spacial score (nSPS) is 12.5. The Morgan fingerprint density at radius 1 is 1.00 bits per heavy atom. The number of benzene rings is 1. The zero-order valence-corrected chi connectivity index (χ0v) is 16.1. The molecule has 26 heavy (non-hydrogen) atoms. The van der Waals surface area contributed by atoms with Gasteiger partial charge in [0.25, 0.3) is 0 Å². The van der Waals surface area contributed by atoms with E-state index in [-0.39, 0.29) is 11.1 Å². The van der Waals surface area contributed by atoms with Gasteiger partial charge in [0, 0.05) is 5.33 Å².